The van der Waals surface area contributed by atoms with Crippen LogP contribution in [-0.4, -0.2) is 43.3 Å². The van der Waals surface area contributed by atoms with Gasteiger partial charge in [-0.15, -0.1) is 0 Å². The van der Waals surface area contributed by atoms with Crippen LogP contribution < -0.4 is 0 Å². The van der Waals surface area contributed by atoms with Gasteiger partial charge in [0.1, 0.15) is 6.54 Å². The molecule has 0 bridgehead atoms. The van der Waals surface area contributed by atoms with Gasteiger partial charge in [0, 0.05) is 17.7 Å². The molecule has 21 heavy (non-hydrogen) atoms. The molecule has 10 nitrogen and oxygen atoms in total. The first-order chi connectivity index (χ1) is 9.51. The van der Waals surface area contributed by atoms with E-state index in [1.165, 1.54) is 12.1 Å². The smallest absolute Gasteiger partial charge is 0.379 e. The van der Waals surface area contributed by atoms with Gasteiger partial charge < -0.3 is 24.7 Å². The van der Waals surface area contributed by atoms with Crippen LogP contribution in [0.3, 0.4) is 0 Å². The van der Waals surface area contributed by atoms with E-state index >= 15 is 0 Å². The number of aliphatic carboxylic acids is 1. The second-order valence-electron chi connectivity index (χ2n) is 4.50. The van der Waals surface area contributed by atoms with E-state index in [-0.39, 0.29) is 11.3 Å². The van der Waals surface area contributed by atoms with Crippen LogP contribution in [0.4, 0.5) is 5.69 Å². The predicted molar refractivity (Wildman–Crippen MR) is 69.8 cm³/mol. The molecule has 0 aromatic heterocycles. The Balaban J connectivity index is 2.97. The van der Waals surface area contributed by atoms with E-state index in [0.29, 0.717) is 0 Å². The maximum Gasteiger partial charge on any atom is 0.379 e. The quantitative estimate of drug-likeness (QED) is 0.285. The van der Waals surface area contributed by atoms with Crippen molar-refractivity contribution < 1.29 is 33.8 Å². The molecule has 0 fully saturated rings. The van der Waals surface area contributed by atoms with Gasteiger partial charge >= 0.3 is 13.6 Å². The Hall–Kier alpha value is -1.84. The largest absolute Gasteiger partial charge is 0.632 e. The van der Waals surface area contributed by atoms with Gasteiger partial charge in [-0.1, -0.05) is 0 Å². The van der Waals surface area contributed by atoms with E-state index in [9.17, 15) is 24.7 Å². The molecule has 0 aliphatic carbocycles. The van der Waals surface area contributed by atoms with Gasteiger partial charge in [0.15, 0.2) is 12.8 Å². The van der Waals surface area contributed by atoms with Crippen LogP contribution in [0.1, 0.15) is 5.56 Å². The van der Waals surface area contributed by atoms with E-state index in [1.54, 1.807) is 0 Å². The standard InChI is InChI=1S/C10H13N2O8P/c13-10(14)6-12(17,7-21(18,19)20)5-8-1-3-9(4-2-8)11(15)16/h1-4H,5-7H2,(H,13,14)(H2,18,19,20). The first-order valence-electron chi connectivity index (χ1n) is 5.58. The summed E-state index contributed by atoms with van der Waals surface area (Å²) in [6.45, 7) is -1.54. The highest BCUT2D eigenvalue weighted by Crippen LogP contribution is 2.38. The lowest BCUT2D eigenvalue weighted by atomic mass is 10.2. The summed E-state index contributed by atoms with van der Waals surface area (Å²) in [7, 11) is -4.72. The lowest BCUT2D eigenvalue weighted by Gasteiger charge is -2.41. The Morgan fingerprint density at radius 3 is 2.19 bits per heavy atom. The third-order valence-electron chi connectivity index (χ3n) is 2.48. The van der Waals surface area contributed by atoms with Crippen LogP contribution >= 0.6 is 7.60 Å². The molecular weight excluding hydrogens is 307 g/mol. The number of carbonyl (C=O) groups is 1. The van der Waals surface area contributed by atoms with E-state index < -0.39 is 42.5 Å². The molecule has 116 valence electrons. The Bertz CT molecular complexity index is 583. The molecule has 1 atom stereocenters. The van der Waals surface area contributed by atoms with Gasteiger partial charge in [-0.3, -0.25) is 14.7 Å². The molecule has 0 heterocycles. The van der Waals surface area contributed by atoms with E-state index in [4.69, 9.17) is 14.9 Å². The molecule has 0 aliphatic heterocycles. The van der Waals surface area contributed by atoms with Crippen molar-refractivity contribution in [3.05, 3.63) is 45.2 Å². The van der Waals surface area contributed by atoms with Gasteiger partial charge in [-0.05, 0) is 12.1 Å². The van der Waals surface area contributed by atoms with Crippen LogP contribution in [-0.2, 0) is 15.9 Å². The first kappa shape index (κ1) is 17.2. The summed E-state index contributed by atoms with van der Waals surface area (Å²) in [5.74, 6) is -1.50. The SMILES string of the molecule is O=C(O)C[N+]([O-])(Cc1ccc([N+](=O)[O-])cc1)CP(=O)(O)O. The molecule has 0 saturated heterocycles. The Kier molecular flexibility index (Phi) is 5.15. The molecule has 3 N–H and O–H groups in total. The predicted octanol–water partition coefficient (Wildman–Crippen LogP) is 0.629. The minimum atomic E-state index is -4.72. The number of carboxylic acids is 1. The van der Waals surface area contributed by atoms with Crippen molar-refractivity contribution in [1.29, 1.82) is 0 Å². The molecule has 0 amide bonds. The second-order valence-corrected chi connectivity index (χ2v) is 6.11. The Morgan fingerprint density at radius 2 is 1.81 bits per heavy atom. The fourth-order valence-electron chi connectivity index (χ4n) is 1.79. The number of rotatable bonds is 7. The minimum absolute atomic E-state index is 0.212. The average Bonchev–Trinajstić information content (AvgIpc) is 2.24. The normalized spacial score (nSPS) is 14.4. The maximum absolute atomic E-state index is 12.2. The zero-order chi connectivity index (χ0) is 16.3. The second kappa shape index (κ2) is 6.29. The molecule has 0 aliphatic rings. The minimum Gasteiger partial charge on any atom is -0.632 e. The van der Waals surface area contributed by atoms with Crippen molar-refractivity contribution in [3.63, 3.8) is 0 Å². The third-order valence-corrected chi connectivity index (χ3v) is 3.37. The monoisotopic (exact) mass is 320 g/mol. The molecule has 1 aromatic rings. The van der Waals surface area contributed by atoms with Crippen molar-refractivity contribution in [2.75, 3.05) is 12.8 Å². The summed E-state index contributed by atoms with van der Waals surface area (Å²) in [6, 6.07) is 4.73. The molecule has 11 heteroatoms. The summed E-state index contributed by atoms with van der Waals surface area (Å²) in [6.07, 6.45) is -1.18. The number of hydrogen-bond donors (Lipinski definition) is 3. The lowest BCUT2D eigenvalue weighted by molar-refractivity contribution is -0.876. The van der Waals surface area contributed by atoms with E-state index in [2.05, 4.69) is 0 Å². The number of nitro benzene ring substituents is 1. The van der Waals surface area contributed by atoms with Gasteiger partial charge in [-0.25, -0.2) is 4.79 Å². The Labute approximate surface area is 118 Å². The number of hydroxylamine groups is 3. The fourth-order valence-corrected chi connectivity index (χ4v) is 2.67. The number of quaternary nitrogens is 1. The lowest BCUT2D eigenvalue weighted by Crippen LogP contribution is -2.45. The van der Waals surface area contributed by atoms with Gasteiger partial charge in [0.25, 0.3) is 5.69 Å². The van der Waals surface area contributed by atoms with Crippen LogP contribution in [0.5, 0.6) is 0 Å². The summed E-state index contributed by atoms with van der Waals surface area (Å²) < 4.78 is 9.30. The van der Waals surface area contributed by atoms with E-state index in [1.807, 2.05) is 0 Å². The molecule has 0 saturated carbocycles. The first-order valence-corrected chi connectivity index (χ1v) is 7.37. The van der Waals surface area contributed by atoms with Crippen molar-refractivity contribution in [2.24, 2.45) is 0 Å². The van der Waals surface area contributed by atoms with E-state index in [0.717, 1.165) is 12.1 Å². The highest BCUT2D eigenvalue weighted by Gasteiger charge is 2.31. The van der Waals surface area contributed by atoms with Gasteiger partial charge in [0.05, 0.1) is 4.92 Å². The number of non-ortho nitro benzene ring substituents is 1. The molecular formula is C10H13N2O8P. The highest BCUT2D eigenvalue weighted by molar-refractivity contribution is 7.51. The summed E-state index contributed by atoms with van der Waals surface area (Å²) in [5, 5.41) is 31.4. The number of nitro groups is 1. The number of benzene rings is 1. The zero-order valence-corrected chi connectivity index (χ0v) is 11.5. The summed E-state index contributed by atoms with van der Waals surface area (Å²) in [4.78, 5) is 38.3. The highest BCUT2D eigenvalue weighted by atomic mass is 31.2. The summed E-state index contributed by atoms with van der Waals surface area (Å²) >= 11 is 0. The Morgan fingerprint density at radius 1 is 1.29 bits per heavy atom. The van der Waals surface area contributed by atoms with Crippen LogP contribution in [0, 0.1) is 15.3 Å². The third kappa shape index (κ3) is 5.98. The van der Waals surface area contributed by atoms with Crippen molar-refractivity contribution in [2.45, 2.75) is 6.54 Å². The maximum atomic E-state index is 12.2. The van der Waals surface area contributed by atoms with Crippen LogP contribution in [0.2, 0.25) is 0 Å². The molecule has 1 rings (SSSR count). The molecule has 0 radical (unpaired) electrons. The van der Waals surface area contributed by atoms with Crippen LogP contribution in [0.15, 0.2) is 24.3 Å². The molecule has 0 spiro atoms. The van der Waals surface area contributed by atoms with Gasteiger partial charge in [0.2, 0.25) is 0 Å². The summed E-state index contributed by atoms with van der Waals surface area (Å²) in [5.41, 5.74) is 0.0290. The molecule has 1 aromatic carbocycles. The van der Waals surface area contributed by atoms with Crippen LogP contribution in [0.25, 0.3) is 0 Å². The topological polar surface area (TPSA) is 161 Å². The fraction of sp³-hybridized carbons (Fsp3) is 0.300. The van der Waals surface area contributed by atoms with Crippen molar-refractivity contribution >= 4 is 19.3 Å². The number of nitrogens with zero attached hydrogens (tertiary/aromatic N) is 2. The van der Waals surface area contributed by atoms with Crippen molar-refractivity contribution in [1.82, 2.24) is 0 Å². The number of hydrogen-bond acceptors (Lipinski definition) is 5. The van der Waals surface area contributed by atoms with Gasteiger partial charge in [-0.2, -0.15) is 0 Å². The zero-order valence-electron chi connectivity index (χ0n) is 10.7. The average molecular weight is 320 g/mol. The molecule has 1 unspecified atom stereocenters. The van der Waals surface area contributed by atoms with Crippen molar-refractivity contribution in [3.8, 4) is 0 Å². The number of carboxylic acid groups (broad SMARTS) is 1.